The Balaban J connectivity index is 2.70. The molecule has 5 nitrogen and oxygen atoms in total. The van der Waals surface area contributed by atoms with Crippen molar-refractivity contribution in [3.05, 3.63) is 21.9 Å². The van der Waals surface area contributed by atoms with Crippen LogP contribution >= 0.6 is 11.3 Å². The first kappa shape index (κ1) is 12.7. The van der Waals surface area contributed by atoms with Crippen molar-refractivity contribution in [2.24, 2.45) is 0 Å². The van der Waals surface area contributed by atoms with Crippen molar-refractivity contribution < 1.29 is 24.2 Å². The van der Waals surface area contributed by atoms with E-state index in [4.69, 9.17) is 0 Å². The standard InChI is InChI=1S/C10H12O5S/c1-14-9(12)5-6(11)7-3-4-8(16-7)10(13)15-2/h3-4,6,11H,5H2,1-2H3/t6-/m1/s1. The van der Waals surface area contributed by atoms with E-state index < -0.39 is 18.0 Å². The van der Waals surface area contributed by atoms with Gasteiger partial charge in [-0.1, -0.05) is 0 Å². The largest absolute Gasteiger partial charge is 0.469 e. The highest BCUT2D eigenvalue weighted by Gasteiger charge is 2.17. The molecule has 0 saturated heterocycles. The molecule has 0 bridgehead atoms. The molecule has 0 unspecified atom stereocenters. The molecule has 0 aromatic carbocycles. The molecule has 1 heterocycles. The average molecular weight is 244 g/mol. The summed E-state index contributed by atoms with van der Waals surface area (Å²) in [6.07, 6.45) is -1.08. The minimum atomic E-state index is -0.948. The molecule has 0 aliphatic rings. The van der Waals surface area contributed by atoms with E-state index in [-0.39, 0.29) is 6.42 Å². The number of aliphatic hydroxyl groups excluding tert-OH is 1. The van der Waals surface area contributed by atoms with Gasteiger partial charge in [-0.25, -0.2) is 4.79 Å². The second kappa shape index (κ2) is 5.62. The van der Waals surface area contributed by atoms with E-state index >= 15 is 0 Å². The molecule has 1 aromatic rings. The molecule has 0 spiro atoms. The number of methoxy groups -OCH3 is 2. The van der Waals surface area contributed by atoms with Crippen LogP contribution in [0.15, 0.2) is 12.1 Å². The molecular weight excluding hydrogens is 232 g/mol. The number of aliphatic hydroxyl groups is 1. The molecule has 1 atom stereocenters. The summed E-state index contributed by atoms with van der Waals surface area (Å²) in [7, 11) is 2.54. The molecule has 0 radical (unpaired) electrons. The van der Waals surface area contributed by atoms with E-state index in [1.807, 2.05) is 0 Å². The van der Waals surface area contributed by atoms with Crippen LogP contribution in [0.5, 0.6) is 0 Å². The number of esters is 2. The van der Waals surface area contributed by atoms with Gasteiger partial charge in [0.05, 0.1) is 26.7 Å². The van der Waals surface area contributed by atoms with Crippen LogP contribution < -0.4 is 0 Å². The average Bonchev–Trinajstić information content (AvgIpc) is 2.77. The van der Waals surface area contributed by atoms with Gasteiger partial charge in [-0.2, -0.15) is 0 Å². The van der Waals surface area contributed by atoms with Crippen LogP contribution in [0.2, 0.25) is 0 Å². The van der Waals surface area contributed by atoms with Gasteiger partial charge in [-0.3, -0.25) is 4.79 Å². The minimum absolute atomic E-state index is 0.127. The number of thiophene rings is 1. The fourth-order valence-corrected chi connectivity index (χ4v) is 2.00. The van der Waals surface area contributed by atoms with E-state index in [2.05, 4.69) is 9.47 Å². The van der Waals surface area contributed by atoms with Crippen molar-refractivity contribution in [2.75, 3.05) is 14.2 Å². The van der Waals surface area contributed by atoms with Gasteiger partial charge >= 0.3 is 11.9 Å². The quantitative estimate of drug-likeness (QED) is 0.804. The Morgan fingerprint density at radius 2 is 2.06 bits per heavy atom. The lowest BCUT2D eigenvalue weighted by atomic mass is 10.2. The Morgan fingerprint density at radius 3 is 2.62 bits per heavy atom. The summed E-state index contributed by atoms with van der Waals surface area (Å²) in [6.45, 7) is 0. The molecule has 0 aliphatic carbocycles. The smallest absolute Gasteiger partial charge is 0.348 e. The van der Waals surface area contributed by atoms with Gasteiger partial charge < -0.3 is 14.6 Å². The maximum Gasteiger partial charge on any atom is 0.348 e. The fourth-order valence-electron chi connectivity index (χ4n) is 1.08. The molecule has 16 heavy (non-hydrogen) atoms. The molecule has 1 aromatic heterocycles. The van der Waals surface area contributed by atoms with Gasteiger partial charge in [0.15, 0.2) is 0 Å². The van der Waals surface area contributed by atoms with Crippen LogP contribution in [0.25, 0.3) is 0 Å². The summed E-state index contributed by atoms with van der Waals surface area (Å²) in [6, 6.07) is 3.14. The molecule has 1 N–H and O–H groups in total. The number of rotatable bonds is 4. The van der Waals surface area contributed by atoms with Crippen molar-refractivity contribution >= 4 is 23.3 Å². The second-order valence-electron chi connectivity index (χ2n) is 2.99. The van der Waals surface area contributed by atoms with Gasteiger partial charge in [0.25, 0.3) is 0 Å². The third-order valence-corrected chi connectivity index (χ3v) is 3.10. The zero-order chi connectivity index (χ0) is 12.1. The van der Waals surface area contributed by atoms with Crippen LogP contribution in [-0.4, -0.2) is 31.3 Å². The third-order valence-electron chi connectivity index (χ3n) is 1.93. The predicted octanol–water partition coefficient (Wildman–Crippen LogP) is 1.13. The molecule has 88 valence electrons. The summed E-state index contributed by atoms with van der Waals surface area (Å²) in [4.78, 5) is 23.0. The van der Waals surface area contributed by atoms with Crippen molar-refractivity contribution in [3.8, 4) is 0 Å². The third kappa shape index (κ3) is 3.04. The van der Waals surface area contributed by atoms with E-state index in [0.29, 0.717) is 9.75 Å². The summed E-state index contributed by atoms with van der Waals surface area (Å²) >= 11 is 1.09. The van der Waals surface area contributed by atoms with Gasteiger partial charge in [0.2, 0.25) is 0 Å². The zero-order valence-corrected chi connectivity index (χ0v) is 9.74. The molecule has 0 saturated carbocycles. The Hall–Kier alpha value is -1.40. The van der Waals surface area contributed by atoms with E-state index in [9.17, 15) is 14.7 Å². The molecular formula is C10H12O5S. The number of hydrogen-bond donors (Lipinski definition) is 1. The van der Waals surface area contributed by atoms with Crippen LogP contribution in [0.4, 0.5) is 0 Å². The molecule has 1 rings (SSSR count). The lowest BCUT2D eigenvalue weighted by Crippen LogP contribution is -2.06. The highest BCUT2D eigenvalue weighted by atomic mass is 32.1. The van der Waals surface area contributed by atoms with Crippen LogP contribution in [0, 0.1) is 0 Å². The summed E-state index contributed by atoms with van der Waals surface area (Å²) in [5.41, 5.74) is 0. The Bertz CT molecular complexity index is 384. The second-order valence-corrected chi connectivity index (χ2v) is 4.11. The first-order valence-corrected chi connectivity index (χ1v) is 5.33. The predicted molar refractivity (Wildman–Crippen MR) is 57.3 cm³/mol. The molecule has 0 aliphatic heterocycles. The van der Waals surface area contributed by atoms with Crippen LogP contribution in [0.1, 0.15) is 27.1 Å². The maximum atomic E-state index is 11.1. The molecule has 0 amide bonds. The number of ether oxygens (including phenoxy) is 2. The van der Waals surface area contributed by atoms with Gasteiger partial charge in [0.1, 0.15) is 4.88 Å². The Kier molecular flexibility index (Phi) is 4.45. The first-order chi connectivity index (χ1) is 7.58. The topological polar surface area (TPSA) is 72.8 Å². The lowest BCUT2D eigenvalue weighted by molar-refractivity contribution is -0.142. The summed E-state index contributed by atoms with van der Waals surface area (Å²) < 4.78 is 8.96. The monoisotopic (exact) mass is 244 g/mol. The van der Waals surface area contributed by atoms with Crippen LogP contribution in [-0.2, 0) is 14.3 Å². The van der Waals surface area contributed by atoms with Crippen molar-refractivity contribution in [1.82, 2.24) is 0 Å². The Labute approximate surface area is 96.6 Å². The fraction of sp³-hybridized carbons (Fsp3) is 0.400. The summed E-state index contributed by atoms with van der Waals surface area (Å²) in [5, 5.41) is 9.65. The minimum Gasteiger partial charge on any atom is -0.469 e. The highest BCUT2D eigenvalue weighted by Crippen LogP contribution is 2.26. The molecule has 0 fully saturated rings. The van der Waals surface area contributed by atoms with E-state index in [1.165, 1.54) is 14.2 Å². The summed E-state index contributed by atoms with van der Waals surface area (Å²) in [5.74, 6) is -0.956. The highest BCUT2D eigenvalue weighted by molar-refractivity contribution is 7.14. The first-order valence-electron chi connectivity index (χ1n) is 4.51. The zero-order valence-electron chi connectivity index (χ0n) is 8.93. The maximum absolute atomic E-state index is 11.1. The molecule has 6 heteroatoms. The normalized spacial score (nSPS) is 11.9. The van der Waals surface area contributed by atoms with E-state index in [1.54, 1.807) is 12.1 Å². The number of hydrogen-bond acceptors (Lipinski definition) is 6. The van der Waals surface area contributed by atoms with E-state index in [0.717, 1.165) is 11.3 Å². The number of carbonyl (C=O) groups is 2. The van der Waals surface area contributed by atoms with Crippen molar-refractivity contribution in [3.63, 3.8) is 0 Å². The van der Waals surface area contributed by atoms with Crippen LogP contribution in [0.3, 0.4) is 0 Å². The van der Waals surface area contributed by atoms with Crippen molar-refractivity contribution in [2.45, 2.75) is 12.5 Å². The van der Waals surface area contributed by atoms with Gasteiger partial charge in [-0.05, 0) is 12.1 Å². The van der Waals surface area contributed by atoms with Gasteiger partial charge in [0, 0.05) is 4.88 Å². The number of carbonyl (C=O) groups excluding carboxylic acids is 2. The van der Waals surface area contributed by atoms with Gasteiger partial charge in [-0.15, -0.1) is 11.3 Å². The SMILES string of the molecule is COC(=O)C[C@@H](O)c1ccc(C(=O)OC)s1. The Morgan fingerprint density at radius 1 is 1.38 bits per heavy atom. The van der Waals surface area contributed by atoms with Crippen molar-refractivity contribution in [1.29, 1.82) is 0 Å². The lowest BCUT2D eigenvalue weighted by Gasteiger charge is -2.05.